The third kappa shape index (κ3) is 2.05. The number of imide groups is 1. The highest BCUT2D eigenvalue weighted by atomic mass is 16.3. The summed E-state index contributed by atoms with van der Waals surface area (Å²) in [4.78, 5) is 25.9. The second-order valence-electron chi connectivity index (χ2n) is 5.12. The minimum Gasteiger partial charge on any atom is -0.466 e. The van der Waals surface area contributed by atoms with E-state index in [2.05, 4.69) is 5.32 Å². The molecule has 108 valence electrons. The van der Waals surface area contributed by atoms with E-state index >= 15 is 0 Å². The number of furan rings is 1. The van der Waals surface area contributed by atoms with Crippen LogP contribution < -0.4 is 11.1 Å². The molecule has 21 heavy (non-hydrogen) atoms. The third-order valence-corrected chi connectivity index (χ3v) is 3.67. The first-order chi connectivity index (χ1) is 10.0. The highest BCUT2D eigenvalue weighted by molar-refractivity contribution is 6.06. The number of hydrogen-bond donors (Lipinski definition) is 2. The maximum Gasteiger partial charge on any atom is 0.325 e. The van der Waals surface area contributed by atoms with Gasteiger partial charge in [-0.1, -0.05) is 18.2 Å². The first-order valence-electron chi connectivity index (χ1n) is 6.54. The van der Waals surface area contributed by atoms with Crippen LogP contribution in [0.25, 0.3) is 0 Å². The SMILES string of the molecule is CC1(c2ccco2)NC(=O)N(Cc2ccccc2N)C1=O. The van der Waals surface area contributed by atoms with Gasteiger partial charge in [0, 0.05) is 5.69 Å². The Balaban J connectivity index is 1.90. The fourth-order valence-electron chi connectivity index (χ4n) is 2.42. The molecule has 1 atom stereocenters. The van der Waals surface area contributed by atoms with Gasteiger partial charge in [-0.15, -0.1) is 0 Å². The molecule has 1 unspecified atom stereocenters. The van der Waals surface area contributed by atoms with E-state index in [1.165, 1.54) is 6.26 Å². The highest BCUT2D eigenvalue weighted by Gasteiger charge is 2.50. The minimum atomic E-state index is -1.18. The van der Waals surface area contributed by atoms with Crippen molar-refractivity contribution in [3.63, 3.8) is 0 Å². The Morgan fingerprint density at radius 3 is 2.67 bits per heavy atom. The Kier molecular flexibility index (Phi) is 2.94. The van der Waals surface area contributed by atoms with Crippen molar-refractivity contribution in [1.29, 1.82) is 0 Å². The summed E-state index contributed by atoms with van der Waals surface area (Å²) in [7, 11) is 0. The summed E-state index contributed by atoms with van der Waals surface area (Å²) in [6.07, 6.45) is 1.47. The topological polar surface area (TPSA) is 88.6 Å². The number of benzene rings is 1. The Labute approximate surface area is 121 Å². The van der Waals surface area contributed by atoms with E-state index in [9.17, 15) is 9.59 Å². The van der Waals surface area contributed by atoms with Gasteiger partial charge in [-0.2, -0.15) is 0 Å². The van der Waals surface area contributed by atoms with E-state index in [-0.39, 0.29) is 12.5 Å². The molecule has 6 nitrogen and oxygen atoms in total. The van der Waals surface area contributed by atoms with Crippen molar-refractivity contribution in [2.75, 3.05) is 5.73 Å². The molecule has 0 radical (unpaired) electrons. The summed E-state index contributed by atoms with van der Waals surface area (Å²) in [6.45, 7) is 1.76. The quantitative estimate of drug-likeness (QED) is 0.665. The van der Waals surface area contributed by atoms with Crippen LogP contribution in [0, 0.1) is 0 Å². The van der Waals surface area contributed by atoms with Gasteiger partial charge in [0.05, 0.1) is 12.8 Å². The van der Waals surface area contributed by atoms with Crippen LogP contribution >= 0.6 is 0 Å². The number of anilines is 1. The van der Waals surface area contributed by atoms with Crippen LogP contribution in [0.2, 0.25) is 0 Å². The number of urea groups is 1. The lowest BCUT2D eigenvalue weighted by atomic mass is 9.99. The molecule has 0 saturated carbocycles. The first-order valence-corrected chi connectivity index (χ1v) is 6.54. The number of para-hydroxylation sites is 1. The summed E-state index contributed by atoms with van der Waals surface area (Å²) >= 11 is 0. The summed E-state index contributed by atoms with van der Waals surface area (Å²) in [5, 5.41) is 2.68. The number of hydrogen-bond acceptors (Lipinski definition) is 4. The number of nitrogen functional groups attached to an aromatic ring is 1. The minimum absolute atomic E-state index is 0.133. The molecule has 6 heteroatoms. The van der Waals surface area contributed by atoms with Gasteiger partial charge in [0.1, 0.15) is 5.76 Å². The number of rotatable bonds is 3. The molecule has 0 aliphatic carbocycles. The van der Waals surface area contributed by atoms with Crippen molar-refractivity contribution in [2.45, 2.75) is 19.0 Å². The van der Waals surface area contributed by atoms with Crippen LogP contribution in [-0.2, 0) is 16.9 Å². The lowest BCUT2D eigenvalue weighted by Gasteiger charge is -2.19. The van der Waals surface area contributed by atoms with Crippen LogP contribution in [0.4, 0.5) is 10.5 Å². The van der Waals surface area contributed by atoms with Crippen molar-refractivity contribution in [3.8, 4) is 0 Å². The second-order valence-corrected chi connectivity index (χ2v) is 5.12. The Hall–Kier alpha value is -2.76. The number of amides is 3. The molecular weight excluding hydrogens is 270 g/mol. The molecule has 3 rings (SSSR count). The number of carbonyl (C=O) groups excluding carboxylic acids is 2. The van der Waals surface area contributed by atoms with Crippen molar-refractivity contribution < 1.29 is 14.0 Å². The molecule has 0 spiro atoms. The molecule has 2 aromatic rings. The standard InChI is InChI=1S/C15H15N3O3/c1-15(12-7-4-8-21-12)13(19)18(14(20)17-15)9-10-5-2-3-6-11(10)16/h2-8H,9,16H2,1H3,(H,17,20). The van der Waals surface area contributed by atoms with E-state index in [1.807, 2.05) is 6.07 Å². The second kappa shape index (κ2) is 4.66. The molecule has 3 amide bonds. The summed E-state index contributed by atoms with van der Waals surface area (Å²) in [6, 6.07) is 10.0. The molecule has 1 saturated heterocycles. The highest BCUT2D eigenvalue weighted by Crippen LogP contribution is 2.30. The maximum atomic E-state index is 12.6. The Morgan fingerprint density at radius 2 is 2.00 bits per heavy atom. The van der Waals surface area contributed by atoms with Crippen molar-refractivity contribution in [1.82, 2.24) is 10.2 Å². The largest absolute Gasteiger partial charge is 0.466 e. The predicted molar refractivity (Wildman–Crippen MR) is 76.0 cm³/mol. The zero-order chi connectivity index (χ0) is 15.0. The van der Waals surface area contributed by atoms with Crippen LogP contribution in [0.5, 0.6) is 0 Å². The van der Waals surface area contributed by atoms with Crippen LogP contribution in [-0.4, -0.2) is 16.8 Å². The molecule has 1 aliphatic rings. The molecule has 2 heterocycles. The number of nitrogens with zero attached hydrogens (tertiary/aromatic N) is 1. The van der Waals surface area contributed by atoms with Crippen LogP contribution in [0.1, 0.15) is 18.2 Å². The normalized spacial score (nSPS) is 21.7. The van der Waals surface area contributed by atoms with Crippen LogP contribution in [0.15, 0.2) is 47.1 Å². The Bertz CT molecular complexity index is 696. The van der Waals surface area contributed by atoms with Gasteiger partial charge < -0.3 is 15.5 Å². The average molecular weight is 285 g/mol. The van der Waals surface area contributed by atoms with E-state index in [0.717, 1.165) is 10.5 Å². The third-order valence-electron chi connectivity index (χ3n) is 3.67. The first kappa shape index (κ1) is 13.2. The average Bonchev–Trinajstić information content (AvgIpc) is 3.06. The van der Waals surface area contributed by atoms with E-state index in [4.69, 9.17) is 10.2 Å². The smallest absolute Gasteiger partial charge is 0.325 e. The fraction of sp³-hybridized carbons (Fsp3) is 0.200. The maximum absolute atomic E-state index is 12.6. The summed E-state index contributed by atoms with van der Waals surface area (Å²) < 4.78 is 5.27. The number of nitrogens with two attached hydrogens (primary N) is 1. The van der Waals surface area contributed by atoms with Crippen molar-refractivity contribution in [2.24, 2.45) is 0 Å². The zero-order valence-corrected chi connectivity index (χ0v) is 11.5. The van der Waals surface area contributed by atoms with Crippen molar-refractivity contribution >= 4 is 17.6 Å². The van der Waals surface area contributed by atoms with Gasteiger partial charge in [-0.05, 0) is 30.7 Å². The number of carbonyl (C=O) groups is 2. The monoisotopic (exact) mass is 285 g/mol. The lowest BCUT2D eigenvalue weighted by Crippen LogP contribution is -2.40. The number of nitrogens with one attached hydrogen (secondary N) is 1. The Morgan fingerprint density at radius 1 is 1.24 bits per heavy atom. The molecule has 1 aromatic heterocycles. The van der Waals surface area contributed by atoms with E-state index in [0.29, 0.717) is 11.4 Å². The molecule has 1 aliphatic heterocycles. The van der Waals surface area contributed by atoms with Gasteiger partial charge in [-0.25, -0.2) is 4.79 Å². The predicted octanol–water partition coefficient (Wildman–Crippen LogP) is 1.83. The summed E-state index contributed by atoms with van der Waals surface area (Å²) in [5.74, 6) is 0.0510. The van der Waals surface area contributed by atoms with Gasteiger partial charge >= 0.3 is 6.03 Å². The van der Waals surface area contributed by atoms with E-state index < -0.39 is 11.6 Å². The van der Waals surface area contributed by atoms with Gasteiger partial charge in [0.15, 0.2) is 5.54 Å². The molecule has 1 fully saturated rings. The van der Waals surface area contributed by atoms with Gasteiger partial charge in [-0.3, -0.25) is 9.69 Å². The molecule has 1 aromatic carbocycles. The summed E-state index contributed by atoms with van der Waals surface area (Å²) in [5.41, 5.74) is 5.96. The van der Waals surface area contributed by atoms with Gasteiger partial charge in [0.25, 0.3) is 5.91 Å². The van der Waals surface area contributed by atoms with E-state index in [1.54, 1.807) is 37.3 Å². The van der Waals surface area contributed by atoms with Gasteiger partial charge in [0.2, 0.25) is 0 Å². The molecule has 3 N–H and O–H groups in total. The van der Waals surface area contributed by atoms with Crippen LogP contribution in [0.3, 0.4) is 0 Å². The lowest BCUT2D eigenvalue weighted by molar-refractivity contribution is -0.132. The fourth-order valence-corrected chi connectivity index (χ4v) is 2.42. The zero-order valence-electron chi connectivity index (χ0n) is 11.5. The molecule has 0 bridgehead atoms. The van der Waals surface area contributed by atoms with Crippen molar-refractivity contribution in [3.05, 3.63) is 54.0 Å². The molecular formula is C15H15N3O3.